The van der Waals surface area contributed by atoms with E-state index in [4.69, 9.17) is 0 Å². The van der Waals surface area contributed by atoms with Gasteiger partial charge in [-0.05, 0) is 55.3 Å². The maximum absolute atomic E-state index is 12.7. The van der Waals surface area contributed by atoms with Crippen molar-refractivity contribution in [2.45, 2.75) is 25.1 Å². The van der Waals surface area contributed by atoms with E-state index in [1.807, 2.05) is 24.3 Å². The first-order valence-corrected chi connectivity index (χ1v) is 9.88. The van der Waals surface area contributed by atoms with E-state index in [0.29, 0.717) is 42.9 Å². The molecule has 0 atom stereocenters. The van der Waals surface area contributed by atoms with Gasteiger partial charge in [0.2, 0.25) is 0 Å². The summed E-state index contributed by atoms with van der Waals surface area (Å²) in [4.78, 5) is 14.9. The molecule has 31 heavy (non-hydrogen) atoms. The van der Waals surface area contributed by atoms with E-state index in [1.54, 1.807) is 24.3 Å². The van der Waals surface area contributed by atoms with Crippen molar-refractivity contribution in [2.24, 2.45) is 0 Å². The van der Waals surface area contributed by atoms with Crippen molar-refractivity contribution in [2.75, 3.05) is 23.3 Å². The quantitative estimate of drug-likeness (QED) is 0.654. The minimum absolute atomic E-state index is 0.293. The van der Waals surface area contributed by atoms with Gasteiger partial charge in [-0.2, -0.15) is 18.3 Å². The van der Waals surface area contributed by atoms with Crippen molar-refractivity contribution in [3.05, 3.63) is 72.1 Å². The van der Waals surface area contributed by atoms with Crippen molar-refractivity contribution < 1.29 is 23.1 Å². The number of piperidine rings is 1. The average Bonchev–Trinajstić information content (AvgIpc) is 3.26. The number of benzene rings is 2. The molecule has 4 rings (SSSR count). The minimum Gasteiger partial charge on any atom is -0.393 e. The summed E-state index contributed by atoms with van der Waals surface area (Å²) in [5.41, 5.74) is 1.36. The van der Waals surface area contributed by atoms with Crippen LogP contribution in [0.2, 0.25) is 0 Å². The van der Waals surface area contributed by atoms with Crippen LogP contribution in [0.15, 0.2) is 60.8 Å². The molecule has 0 radical (unpaired) electrons. The molecule has 1 aliphatic rings. The number of alkyl halides is 3. The van der Waals surface area contributed by atoms with Crippen LogP contribution in [0.25, 0.3) is 5.69 Å². The second-order valence-corrected chi connectivity index (χ2v) is 7.38. The molecule has 0 spiro atoms. The van der Waals surface area contributed by atoms with E-state index in [2.05, 4.69) is 15.3 Å². The number of rotatable bonds is 4. The third-order valence-corrected chi connectivity index (χ3v) is 5.23. The summed E-state index contributed by atoms with van der Waals surface area (Å²) in [5, 5.41) is 16.2. The fourth-order valence-corrected chi connectivity index (χ4v) is 3.54. The van der Waals surface area contributed by atoms with Gasteiger partial charge >= 0.3 is 6.18 Å². The molecule has 2 aromatic carbocycles. The van der Waals surface area contributed by atoms with E-state index in [-0.39, 0.29) is 12.0 Å². The molecule has 162 valence electrons. The lowest BCUT2D eigenvalue weighted by molar-refractivity contribution is -0.141. The standard InChI is InChI=1S/C22H21F3N4O2/c23-22(24,25)20-11-14-29(27-20)16-7-5-15(6-8-16)21(31)26-18-3-1-2-4-19(18)28-12-9-17(30)10-13-28/h1-8,11,14,17,30H,9-10,12-13H2,(H,26,31). The Balaban J connectivity index is 1.48. The molecule has 1 saturated heterocycles. The summed E-state index contributed by atoms with van der Waals surface area (Å²) in [6.45, 7) is 1.40. The van der Waals surface area contributed by atoms with Crippen LogP contribution in [0.1, 0.15) is 28.9 Å². The molecular formula is C22H21F3N4O2. The van der Waals surface area contributed by atoms with Gasteiger partial charge in [-0.15, -0.1) is 0 Å². The largest absolute Gasteiger partial charge is 0.435 e. The molecule has 0 unspecified atom stereocenters. The maximum Gasteiger partial charge on any atom is 0.435 e. The number of amides is 1. The fraction of sp³-hybridized carbons (Fsp3) is 0.273. The van der Waals surface area contributed by atoms with E-state index < -0.39 is 11.9 Å². The first-order valence-electron chi connectivity index (χ1n) is 9.88. The van der Waals surface area contributed by atoms with Gasteiger partial charge in [-0.25, -0.2) is 4.68 Å². The summed E-state index contributed by atoms with van der Waals surface area (Å²) in [6.07, 6.45) is -2.23. The lowest BCUT2D eigenvalue weighted by atomic mass is 10.1. The highest BCUT2D eigenvalue weighted by Crippen LogP contribution is 2.29. The van der Waals surface area contributed by atoms with E-state index >= 15 is 0 Å². The molecule has 1 fully saturated rings. The molecule has 6 nitrogen and oxygen atoms in total. The van der Waals surface area contributed by atoms with Gasteiger partial charge in [-0.1, -0.05) is 12.1 Å². The van der Waals surface area contributed by atoms with Crippen LogP contribution in [-0.4, -0.2) is 40.0 Å². The lowest BCUT2D eigenvalue weighted by Crippen LogP contribution is -2.36. The topological polar surface area (TPSA) is 70.4 Å². The average molecular weight is 430 g/mol. The number of aliphatic hydroxyl groups is 1. The first-order chi connectivity index (χ1) is 14.8. The van der Waals surface area contributed by atoms with Crippen molar-refractivity contribution in [1.82, 2.24) is 9.78 Å². The third kappa shape index (κ3) is 4.72. The van der Waals surface area contributed by atoms with Gasteiger partial charge < -0.3 is 15.3 Å². The summed E-state index contributed by atoms with van der Waals surface area (Å²) in [7, 11) is 0. The smallest absolute Gasteiger partial charge is 0.393 e. The monoisotopic (exact) mass is 430 g/mol. The van der Waals surface area contributed by atoms with Crippen LogP contribution in [0.3, 0.4) is 0 Å². The Morgan fingerprint density at radius 2 is 1.71 bits per heavy atom. The molecule has 0 bridgehead atoms. The van der Waals surface area contributed by atoms with Crippen LogP contribution in [0, 0.1) is 0 Å². The van der Waals surface area contributed by atoms with Gasteiger partial charge in [0.15, 0.2) is 5.69 Å². The molecule has 1 aromatic heterocycles. The Labute approximate surface area is 176 Å². The summed E-state index contributed by atoms with van der Waals surface area (Å²) < 4.78 is 39.3. The Kier molecular flexibility index (Phi) is 5.69. The van der Waals surface area contributed by atoms with Gasteiger partial charge in [0.25, 0.3) is 5.91 Å². The normalized spacial score (nSPS) is 15.2. The maximum atomic E-state index is 12.7. The number of hydrogen-bond acceptors (Lipinski definition) is 4. The molecule has 0 aliphatic carbocycles. The highest BCUT2D eigenvalue weighted by molar-refractivity contribution is 6.06. The van der Waals surface area contributed by atoms with Crippen molar-refractivity contribution in [1.29, 1.82) is 0 Å². The highest BCUT2D eigenvalue weighted by Gasteiger charge is 2.33. The number of nitrogens with one attached hydrogen (secondary N) is 1. The van der Waals surface area contributed by atoms with Crippen LogP contribution < -0.4 is 10.2 Å². The minimum atomic E-state index is -4.51. The van der Waals surface area contributed by atoms with Crippen LogP contribution in [-0.2, 0) is 6.18 Å². The van der Waals surface area contributed by atoms with Gasteiger partial charge in [0.05, 0.1) is 23.2 Å². The summed E-state index contributed by atoms with van der Waals surface area (Å²) in [6, 6.07) is 14.5. The zero-order valence-corrected chi connectivity index (χ0v) is 16.5. The number of aromatic nitrogens is 2. The molecule has 1 amide bonds. The third-order valence-electron chi connectivity index (χ3n) is 5.23. The Hall–Kier alpha value is -3.33. The fourth-order valence-electron chi connectivity index (χ4n) is 3.54. The molecule has 3 aromatic rings. The zero-order chi connectivity index (χ0) is 22.0. The Morgan fingerprint density at radius 3 is 2.35 bits per heavy atom. The SMILES string of the molecule is O=C(Nc1ccccc1N1CCC(O)CC1)c1ccc(-n2ccc(C(F)(F)F)n2)cc1. The number of halogens is 3. The number of hydrogen-bond donors (Lipinski definition) is 2. The molecule has 9 heteroatoms. The second kappa shape index (κ2) is 8.43. The summed E-state index contributed by atoms with van der Waals surface area (Å²) >= 11 is 0. The molecule has 1 aliphatic heterocycles. The van der Waals surface area contributed by atoms with E-state index in [9.17, 15) is 23.1 Å². The van der Waals surface area contributed by atoms with Crippen LogP contribution >= 0.6 is 0 Å². The van der Waals surface area contributed by atoms with Crippen LogP contribution in [0.5, 0.6) is 0 Å². The van der Waals surface area contributed by atoms with Crippen LogP contribution in [0.4, 0.5) is 24.5 Å². The van der Waals surface area contributed by atoms with Gasteiger partial charge in [-0.3, -0.25) is 4.79 Å². The molecule has 0 saturated carbocycles. The molecule has 2 heterocycles. The molecular weight excluding hydrogens is 409 g/mol. The number of aliphatic hydroxyl groups excluding tert-OH is 1. The number of nitrogens with zero attached hydrogens (tertiary/aromatic N) is 3. The number of anilines is 2. The second-order valence-electron chi connectivity index (χ2n) is 7.38. The molecule has 2 N–H and O–H groups in total. The Morgan fingerprint density at radius 1 is 1.03 bits per heavy atom. The van der Waals surface area contributed by atoms with Gasteiger partial charge in [0.1, 0.15) is 0 Å². The highest BCUT2D eigenvalue weighted by atomic mass is 19.4. The Bertz CT molecular complexity index is 1060. The van der Waals surface area contributed by atoms with E-state index in [0.717, 1.165) is 16.4 Å². The predicted molar refractivity (Wildman–Crippen MR) is 110 cm³/mol. The van der Waals surface area contributed by atoms with Crippen molar-refractivity contribution in [3.63, 3.8) is 0 Å². The zero-order valence-electron chi connectivity index (χ0n) is 16.5. The van der Waals surface area contributed by atoms with Gasteiger partial charge in [0, 0.05) is 24.8 Å². The summed E-state index contributed by atoms with van der Waals surface area (Å²) in [5.74, 6) is -0.326. The first kappa shape index (κ1) is 20.9. The van der Waals surface area contributed by atoms with Crippen molar-refractivity contribution in [3.8, 4) is 5.69 Å². The number of carbonyl (C=O) groups excluding carboxylic acids is 1. The van der Waals surface area contributed by atoms with E-state index in [1.165, 1.54) is 6.20 Å². The lowest BCUT2D eigenvalue weighted by Gasteiger charge is -2.32. The number of para-hydroxylation sites is 2. The number of carbonyl (C=O) groups is 1. The van der Waals surface area contributed by atoms with Crippen molar-refractivity contribution >= 4 is 17.3 Å². The predicted octanol–water partition coefficient (Wildman–Crippen LogP) is 4.10.